The van der Waals surface area contributed by atoms with Crippen molar-refractivity contribution in [3.05, 3.63) is 47.5 Å². The Bertz CT molecular complexity index is 728. The molecule has 0 unspecified atom stereocenters. The van der Waals surface area contributed by atoms with Crippen molar-refractivity contribution in [3.63, 3.8) is 0 Å². The van der Waals surface area contributed by atoms with Crippen LogP contribution in [-0.2, 0) is 0 Å². The van der Waals surface area contributed by atoms with Crippen molar-refractivity contribution in [1.29, 1.82) is 0 Å². The third-order valence-electron chi connectivity index (χ3n) is 4.18. The monoisotopic (exact) mass is 332 g/mol. The van der Waals surface area contributed by atoms with E-state index in [9.17, 15) is 13.6 Å². The van der Waals surface area contributed by atoms with Crippen LogP contribution in [-0.4, -0.2) is 29.2 Å². The lowest BCUT2D eigenvalue weighted by atomic mass is 9.99. The van der Waals surface area contributed by atoms with Crippen molar-refractivity contribution in [2.24, 2.45) is 5.92 Å². The second-order valence-corrected chi connectivity index (χ2v) is 6.03. The fraction of sp³-hybridized carbons (Fsp3) is 0.353. The van der Waals surface area contributed by atoms with Crippen LogP contribution in [0, 0.1) is 17.6 Å². The molecular formula is C17H18F2N4O. The second kappa shape index (κ2) is 6.90. The van der Waals surface area contributed by atoms with Crippen LogP contribution in [0.4, 0.5) is 20.4 Å². The van der Waals surface area contributed by atoms with Crippen LogP contribution in [0.3, 0.4) is 0 Å². The number of anilines is 2. The number of rotatable bonds is 3. The van der Waals surface area contributed by atoms with Gasteiger partial charge in [-0.15, -0.1) is 10.2 Å². The van der Waals surface area contributed by atoms with Crippen molar-refractivity contribution in [3.8, 4) is 0 Å². The Balaban J connectivity index is 1.65. The molecule has 0 spiro atoms. The maximum Gasteiger partial charge on any atom is 0.256 e. The highest BCUT2D eigenvalue weighted by atomic mass is 19.2. The molecule has 1 fully saturated rings. The highest BCUT2D eigenvalue weighted by molar-refractivity contribution is 6.03. The summed E-state index contributed by atoms with van der Waals surface area (Å²) < 4.78 is 26.1. The van der Waals surface area contributed by atoms with Crippen molar-refractivity contribution in [2.75, 3.05) is 23.3 Å². The molecule has 2 heterocycles. The first-order valence-corrected chi connectivity index (χ1v) is 7.88. The van der Waals surface area contributed by atoms with E-state index in [-0.39, 0.29) is 11.4 Å². The van der Waals surface area contributed by atoms with Crippen molar-refractivity contribution >= 4 is 17.5 Å². The second-order valence-electron chi connectivity index (χ2n) is 6.03. The first-order valence-electron chi connectivity index (χ1n) is 7.88. The zero-order valence-corrected chi connectivity index (χ0v) is 13.3. The van der Waals surface area contributed by atoms with Crippen molar-refractivity contribution in [2.45, 2.75) is 19.8 Å². The molecule has 1 aromatic heterocycles. The van der Waals surface area contributed by atoms with Crippen LogP contribution in [0.5, 0.6) is 0 Å². The zero-order valence-electron chi connectivity index (χ0n) is 13.3. The molecule has 1 aliphatic heterocycles. The number of hydrogen-bond acceptors (Lipinski definition) is 4. The number of aromatic nitrogens is 2. The summed E-state index contributed by atoms with van der Waals surface area (Å²) in [7, 11) is 0. The van der Waals surface area contributed by atoms with Gasteiger partial charge in [-0.25, -0.2) is 8.78 Å². The van der Waals surface area contributed by atoms with Gasteiger partial charge in [-0.05, 0) is 49.1 Å². The van der Waals surface area contributed by atoms with Crippen LogP contribution in [0.2, 0.25) is 0 Å². The number of halogens is 2. The van der Waals surface area contributed by atoms with Gasteiger partial charge >= 0.3 is 0 Å². The van der Waals surface area contributed by atoms with Gasteiger partial charge in [-0.3, -0.25) is 4.79 Å². The van der Waals surface area contributed by atoms with E-state index in [1.54, 1.807) is 12.1 Å². The number of hydrogen-bond donors (Lipinski definition) is 1. The van der Waals surface area contributed by atoms with Gasteiger partial charge in [0.2, 0.25) is 0 Å². The molecule has 0 aliphatic carbocycles. The molecule has 2 aromatic rings. The fourth-order valence-electron chi connectivity index (χ4n) is 2.62. The first-order chi connectivity index (χ1) is 11.5. The van der Waals surface area contributed by atoms with Crippen molar-refractivity contribution < 1.29 is 13.6 Å². The predicted molar refractivity (Wildman–Crippen MR) is 87.0 cm³/mol. The van der Waals surface area contributed by atoms with E-state index >= 15 is 0 Å². The average Bonchev–Trinajstić information content (AvgIpc) is 2.59. The topological polar surface area (TPSA) is 58.1 Å². The maximum atomic E-state index is 13.2. The summed E-state index contributed by atoms with van der Waals surface area (Å²) in [5, 5.41) is 10.6. The molecule has 5 nitrogen and oxygen atoms in total. The summed E-state index contributed by atoms with van der Waals surface area (Å²) in [6.07, 6.45) is 2.24. The quantitative estimate of drug-likeness (QED) is 0.937. The summed E-state index contributed by atoms with van der Waals surface area (Å²) in [6, 6.07) is 6.42. The molecule has 1 amide bonds. The van der Waals surface area contributed by atoms with Gasteiger partial charge in [0.25, 0.3) is 5.91 Å². The van der Waals surface area contributed by atoms with E-state index in [2.05, 4.69) is 27.3 Å². The van der Waals surface area contributed by atoms with E-state index < -0.39 is 17.5 Å². The van der Waals surface area contributed by atoms with Gasteiger partial charge in [0.15, 0.2) is 23.3 Å². The molecule has 1 aliphatic rings. The van der Waals surface area contributed by atoms with Crippen LogP contribution in [0.1, 0.15) is 30.1 Å². The van der Waals surface area contributed by atoms with E-state index in [1.165, 1.54) is 6.07 Å². The Morgan fingerprint density at radius 3 is 2.50 bits per heavy atom. The molecule has 7 heteroatoms. The molecular weight excluding hydrogens is 314 g/mol. The van der Waals surface area contributed by atoms with Crippen LogP contribution < -0.4 is 10.2 Å². The number of piperidine rings is 1. The Labute approximate surface area is 138 Å². The number of nitrogens with zero attached hydrogens (tertiary/aromatic N) is 3. The SMILES string of the molecule is CC1CCN(c2ccc(NC(=O)c3ccc(F)c(F)c3)nn2)CC1. The molecule has 0 radical (unpaired) electrons. The molecule has 126 valence electrons. The van der Waals surface area contributed by atoms with Gasteiger partial charge in [0, 0.05) is 18.7 Å². The maximum absolute atomic E-state index is 13.2. The highest BCUT2D eigenvalue weighted by Crippen LogP contribution is 2.21. The number of carbonyl (C=O) groups is 1. The average molecular weight is 332 g/mol. The van der Waals surface area contributed by atoms with E-state index in [0.717, 1.165) is 49.8 Å². The number of carbonyl (C=O) groups excluding carboxylic acids is 1. The molecule has 24 heavy (non-hydrogen) atoms. The van der Waals surface area contributed by atoms with Crippen LogP contribution in [0.25, 0.3) is 0 Å². The molecule has 0 saturated carbocycles. The summed E-state index contributed by atoms with van der Waals surface area (Å²) in [4.78, 5) is 14.2. The van der Waals surface area contributed by atoms with E-state index in [0.29, 0.717) is 0 Å². The minimum atomic E-state index is -1.07. The summed E-state index contributed by atoms with van der Waals surface area (Å²) in [5.41, 5.74) is 0.0183. The smallest absolute Gasteiger partial charge is 0.256 e. The fourth-order valence-corrected chi connectivity index (χ4v) is 2.62. The Morgan fingerprint density at radius 2 is 1.88 bits per heavy atom. The first kappa shape index (κ1) is 16.3. The van der Waals surface area contributed by atoms with Gasteiger partial charge in [0.05, 0.1) is 0 Å². The lowest BCUT2D eigenvalue weighted by molar-refractivity contribution is 0.102. The molecule has 1 saturated heterocycles. The van der Waals surface area contributed by atoms with E-state index in [1.807, 2.05) is 0 Å². The Kier molecular flexibility index (Phi) is 4.69. The van der Waals surface area contributed by atoms with Gasteiger partial charge in [0.1, 0.15) is 0 Å². The van der Waals surface area contributed by atoms with Crippen LogP contribution in [0.15, 0.2) is 30.3 Å². The standard InChI is InChI=1S/C17H18F2N4O/c1-11-6-8-23(9-7-11)16-5-4-15(21-22-16)20-17(24)12-2-3-13(18)14(19)10-12/h2-5,10-11H,6-9H2,1H3,(H,20,21,24). The largest absolute Gasteiger partial charge is 0.355 e. The minimum absolute atomic E-state index is 0.0183. The molecule has 3 rings (SSSR count). The lowest BCUT2D eigenvalue weighted by Gasteiger charge is -2.30. The highest BCUT2D eigenvalue weighted by Gasteiger charge is 2.17. The normalized spacial score (nSPS) is 15.4. The van der Waals surface area contributed by atoms with Crippen molar-refractivity contribution in [1.82, 2.24) is 10.2 Å². The summed E-state index contributed by atoms with van der Waals surface area (Å²) >= 11 is 0. The molecule has 0 bridgehead atoms. The third-order valence-corrected chi connectivity index (χ3v) is 4.18. The summed E-state index contributed by atoms with van der Waals surface area (Å²) in [6.45, 7) is 4.12. The lowest BCUT2D eigenvalue weighted by Crippen LogP contribution is -2.33. The Morgan fingerprint density at radius 1 is 1.12 bits per heavy atom. The molecule has 1 N–H and O–H groups in total. The van der Waals surface area contributed by atoms with Gasteiger partial charge in [-0.1, -0.05) is 6.92 Å². The number of nitrogens with one attached hydrogen (secondary N) is 1. The summed E-state index contributed by atoms with van der Waals surface area (Å²) in [5.74, 6) is -0.867. The van der Waals surface area contributed by atoms with Gasteiger partial charge < -0.3 is 10.2 Å². The molecule has 1 aromatic carbocycles. The zero-order chi connectivity index (χ0) is 17.1. The number of amides is 1. The Hall–Kier alpha value is -2.57. The predicted octanol–water partition coefficient (Wildman–Crippen LogP) is 3.24. The third kappa shape index (κ3) is 3.67. The molecule has 0 atom stereocenters. The minimum Gasteiger partial charge on any atom is -0.355 e. The van der Waals surface area contributed by atoms with Crippen LogP contribution >= 0.6 is 0 Å². The number of benzene rings is 1. The van der Waals surface area contributed by atoms with E-state index in [4.69, 9.17) is 0 Å². The van der Waals surface area contributed by atoms with Gasteiger partial charge in [-0.2, -0.15) is 0 Å².